The van der Waals surface area contributed by atoms with Crippen LogP contribution in [-0.2, 0) is 4.74 Å². The summed E-state index contributed by atoms with van der Waals surface area (Å²) < 4.78 is 7.05. The fourth-order valence-electron chi connectivity index (χ4n) is 2.99. The zero-order valence-corrected chi connectivity index (χ0v) is 16.0. The van der Waals surface area contributed by atoms with Gasteiger partial charge in [-0.15, -0.1) is 11.3 Å². The molecule has 138 valence electrons. The molecule has 0 radical (unpaired) electrons. The molecule has 0 saturated heterocycles. The molecule has 0 bridgehead atoms. The van der Waals surface area contributed by atoms with Crippen molar-refractivity contribution in [2.45, 2.75) is 51.9 Å². The molecule has 1 aromatic carbocycles. The first-order valence-corrected chi connectivity index (χ1v) is 10.3. The normalized spacial score (nSPS) is 11.1. The molecule has 6 heteroatoms. The Morgan fingerprint density at radius 1 is 1.12 bits per heavy atom. The molecule has 0 aliphatic carbocycles. The van der Waals surface area contributed by atoms with Crippen molar-refractivity contribution >= 4 is 28.5 Å². The van der Waals surface area contributed by atoms with Gasteiger partial charge in [-0.1, -0.05) is 57.6 Å². The predicted octanol–water partition coefficient (Wildman–Crippen LogP) is 5.90. The van der Waals surface area contributed by atoms with E-state index < -0.39 is 0 Å². The standard InChI is InChI=1S/C20H25N3O2S/c1-2-3-4-5-6-7-10-13-25-20(24)23-18-12-9-8-11-16(18)22-19(23)17-14-26-15-21-17/h8-9,11-12,14-15H,2-7,10,13H2,1H3. The van der Waals surface area contributed by atoms with Gasteiger partial charge in [0.25, 0.3) is 0 Å². The third-order valence-corrected chi connectivity index (χ3v) is 4.96. The lowest BCUT2D eigenvalue weighted by molar-refractivity contribution is 0.147. The number of rotatable bonds is 9. The Bertz CT molecular complexity index is 827. The van der Waals surface area contributed by atoms with Gasteiger partial charge in [0.2, 0.25) is 0 Å². The highest BCUT2D eigenvalue weighted by Crippen LogP contribution is 2.25. The molecule has 0 spiro atoms. The van der Waals surface area contributed by atoms with Crippen LogP contribution in [0, 0.1) is 0 Å². The van der Waals surface area contributed by atoms with E-state index in [-0.39, 0.29) is 6.09 Å². The van der Waals surface area contributed by atoms with Crippen molar-refractivity contribution in [1.29, 1.82) is 0 Å². The maximum atomic E-state index is 12.7. The van der Waals surface area contributed by atoms with E-state index in [0.29, 0.717) is 18.1 Å². The van der Waals surface area contributed by atoms with E-state index in [1.54, 1.807) is 5.51 Å². The molecule has 0 aliphatic heterocycles. The van der Waals surface area contributed by atoms with Gasteiger partial charge in [-0.3, -0.25) is 0 Å². The lowest BCUT2D eigenvalue weighted by Crippen LogP contribution is -2.15. The third kappa shape index (κ3) is 4.49. The summed E-state index contributed by atoms with van der Waals surface area (Å²) >= 11 is 1.48. The molecule has 0 saturated carbocycles. The zero-order chi connectivity index (χ0) is 18.2. The van der Waals surface area contributed by atoms with Gasteiger partial charge in [0.15, 0.2) is 5.82 Å². The Kier molecular flexibility index (Phi) is 6.77. The number of aromatic nitrogens is 3. The number of carbonyl (C=O) groups is 1. The summed E-state index contributed by atoms with van der Waals surface area (Å²) in [7, 11) is 0. The summed E-state index contributed by atoms with van der Waals surface area (Å²) in [4.78, 5) is 21.6. The van der Waals surface area contributed by atoms with Crippen LogP contribution < -0.4 is 0 Å². The number of hydrogen-bond donors (Lipinski definition) is 0. The van der Waals surface area contributed by atoms with E-state index in [9.17, 15) is 4.79 Å². The van der Waals surface area contributed by atoms with E-state index in [0.717, 1.165) is 23.9 Å². The molecule has 5 nitrogen and oxygen atoms in total. The van der Waals surface area contributed by atoms with Crippen LogP contribution in [-0.4, -0.2) is 27.2 Å². The molecule has 0 atom stereocenters. The molecule has 0 unspecified atom stereocenters. The Morgan fingerprint density at radius 2 is 1.88 bits per heavy atom. The molecule has 26 heavy (non-hydrogen) atoms. The van der Waals surface area contributed by atoms with E-state index in [4.69, 9.17) is 4.74 Å². The van der Waals surface area contributed by atoms with Crippen molar-refractivity contribution < 1.29 is 9.53 Å². The van der Waals surface area contributed by atoms with E-state index >= 15 is 0 Å². The van der Waals surface area contributed by atoms with Crippen molar-refractivity contribution in [2.75, 3.05) is 6.61 Å². The number of carbonyl (C=O) groups excluding carboxylic acids is 1. The molecular formula is C20H25N3O2S. The minimum absolute atomic E-state index is 0.382. The van der Waals surface area contributed by atoms with Crippen LogP contribution in [0.15, 0.2) is 35.2 Å². The summed E-state index contributed by atoms with van der Waals surface area (Å²) in [6.45, 7) is 2.66. The largest absolute Gasteiger partial charge is 0.449 e. The minimum atomic E-state index is -0.382. The molecule has 0 aliphatic rings. The van der Waals surface area contributed by atoms with Crippen molar-refractivity contribution in [3.63, 3.8) is 0 Å². The van der Waals surface area contributed by atoms with Gasteiger partial charge in [-0.2, -0.15) is 0 Å². The van der Waals surface area contributed by atoms with Crippen LogP contribution in [0.4, 0.5) is 4.79 Å². The van der Waals surface area contributed by atoms with Gasteiger partial charge in [-0.05, 0) is 18.6 Å². The van der Waals surface area contributed by atoms with Gasteiger partial charge in [0.1, 0.15) is 5.69 Å². The second-order valence-corrected chi connectivity index (χ2v) is 7.09. The number of unbranched alkanes of at least 4 members (excludes halogenated alkanes) is 6. The molecule has 2 heterocycles. The number of para-hydroxylation sites is 2. The van der Waals surface area contributed by atoms with E-state index in [1.807, 2.05) is 29.6 Å². The highest BCUT2D eigenvalue weighted by atomic mass is 32.1. The predicted molar refractivity (Wildman–Crippen MR) is 106 cm³/mol. The summed E-state index contributed by atoms with van der Waals surface area (Å²) in [5.41, 5.74) is 3.95. The van der Waals surface area contributed by atoms with E-state index in [2.05, 4.69) is 16.9 Å². The quantitative estimate of drug-likeness (QED) is 0.440. The van der Waals surface area contributed by atoms with Crippen molar-refractivity contribution in [3.8, 4) is 11.5 Å². The number of ether oxygens (including phenoxy) is 1. The average Bonchev–Trinajstić information content (AvgIpc) is 3.31. The molecule has 3 aromatic rings. The lowest BCUT2D eigenvalue weighted by atomic mass is 10.1. The molecule has 0 amide bonds. The van der Waals surface area contributed by atoms with Crippen molar-refractivity contribution in [2.24, 2.45) is 0 Å². The molecular weight excluding hydrogens is 346 g/mol. The zero-order valence-electron chi connectivity index (χ0n) is 15.2. The average molecular weight is 372 g/mol. The van der Waals surface area contributed by atoms with Crippen LogP contribution in [0.25, 0.3) is 22.6 Å². The first-order valence-electron chi connectivity index (χ1n) is 9.34. The van der Waals surface area contributed by atoms with E-state index in [1.165, 1.54) is 48.0 Å². The monoisotopic (exact) mass is 371 g/mol. The number of imidazole rings is 1. The van der Waals surface area contributed by atoms with Crippen LogP contribution in [0.5, 0.6) is 0 Å². The van der Waals surface area contributed by atoms with Crippen LogP contribution in [0.2, 0.25) is 0 Å². The Balaban J connectivity index is 1.62. The summed E-state index contributed by atoms with van der Waals surface area (Å²) in [5, 5.41) is 1.89. The first-order chi connectivity index (χ1) is 12.8. The summed E-state index contributed by atoms with van der Waals surface area (Å²) in [5.74, 6) is 0.539. The highest BCUT2D eigenvalue weighted by Gasteiger charge is 2.20. The third-order valence-electron chi connectivity index (χ3n) is 4.38. The molecule has 2 aromatic heterocycles. The Labute approximate surface area is 158 Å². The SMILES string of the molecule is CCCCCCCCCOC(=O)n1c(-c2cscn2)nc2ccccc21. The van der Waals surface area contributed by atoms with Crippen molar-refractivity contribution in [3.05, 3.63) is 35.2 Å². The number of hydrogen-bond acceptors (Lipinski definition) is 5. The van der Waals surface area contributed by atoms with Gasteiger partial charge >= 0.3 is 6.09 Å². The highest BCUT2D eigenvalue weighted by molar-refractivity contribution is 7.07. The van der Waals surface area contributed by atoms with Crippen LogP contribution >= 0.6 is 11.3 Å². The summed E-state index contributed by atoms with van der Waals surface area (Å²) in [6.07, 6.45) is 7.95. The molecule has 0 N–H and O–H groups in total. The minimum Gasteiger partial charge on any atom is -0.449 e. The Morgan fingerprint density at radius 3 is 2.65 bits per heavy atom. The number of nitrogens with zero attached hydrogens (tertiary/aromatic N) is 3. The first kappa shape index (κ1) is 18.6. The van der Waals surface area contributed by atoms with Gasteiger partial charge < -0.3 is 4.74 Å². The Hall–Kier alpha value is -2.21. The smallest absolute Gasteiger partial charge is 0.420 e. The molecule has 0 fully saturated rings. The second-order valence-electron chi connectivity index (χ2n) is 6.37. The van der Waals surface area contributed by atoms with Gasteiger partial charge in [-0.25, -0.2) is 19.3 Å². The second kappa shape index (κ2) is 9.48. The van der Waals surface area contributed by atoms with Gasteiger partial charge in [0.05, 0.1) is 23.2 Å². The molecule has 3 rings (SSSR count). The lowest BCUT2D eigenvalue weighted by Gasteiger charge is -2.08. The van der Waals surface area contributed by atoms with Crippen molar-refractivity contribution in [1.82, 2.24) is 14.5 Å². The van der Waals surface area contributed by atoms with Gasteiger partial charge in [0, 0.05) is 5.38 Å². The fourth-order valence-corrected chi connectivity index (χ4v) is 3.52. The number of fused-ring (bicyclic) bond motifs is 1. The van der Waals surface area contributed by atoms with Crippen LogP contribution in [0.3, 0.4) is 0 Å². The maximum Gasteiger partial charge on any atom is 0.420 e. The number of benzene rings is 1. The topological polar surface area (TPSA) is 57.0 Å². The van der Waals surface area contributed by atoms with Crippen LogP contribution in [0.1, 0.15) is 51.9 Å². The summed E-state index contributed by atoms with van der Waals surface area (Å²) in [6, 6.07) is 7.59. The number of thiazole rings is 1. The fraction of sp³-hybridized carbons (Fsp3) is 0.450. The maximum absolute atomic E-state index is 12.7.